The Morgan fingerprint density at radius 3 is 2.66 bits per heavy atom. The minimum atomic E-state index is -0.904. The second-order valence-corrected chi connectivity index (χ2v) is 8.77. The maximum absolute atomic E-state index is 6.24. The number of anilines is 1. The van der Waals surface area contributed by atoms with Gasteiger partial charge in [-0.2, -0.15) is 9.61 Å². The highest BCUT2D eigenvalue weighted by Crippen LogP contribution is 2.33. The molecule has 178 valence electrons. The Kier molecular flexibility index (Phi) is 5.92. The van der Waals surface area contributed by atoms with Crippen molar-refractivity contribution in [1.82, 2.24) is 24.9 Å². The van der Waals surface area contributed by atoms with Crippen LogP contribution in [-0.2, 0) is 13.0 Å². The molecular formula is C26H29N9. The zero-order chi connectivity index (χ0) is 24.4. The third kappa shape index (κ3) is 4.22. The van der Waals surface area contributed by atoms with Crippen LogP contribution in [0.5, 0.6) is 0 Å². The summed E-state index contributed by atoms with van der Waals surface area (Å²) >= 11 is 0. The van der Waals surface area contributed by atoms with Crippen molar-refractivity contribution in [2.75, 3.05) is 11.9 Å². The van der Waals surface area contributed by atoms with Gasteiger partial charge in [0.15, 0.2) is 5.65 Å². The van der Waals surface area contributed by atoms with Gasteiger partial charge in [0.1, 0.15) is 12.2 Å². The first-order valence-electron chi connectivity index (χ1n) is 11.6. The lowest BCUT2D eigenvalue weighted by atomic mass is 9.92. The quantitative estimate of drug-likeness (QED) is 0.382. The highest BCUT2D eigenvalue weighted by Gasteiger charge is 2.43. The Hall–Kier alpha value is -4.24. The number of benzene rings is 2. The smallest absolute Gasteiger partial charge is 0.232 e. The Labute approximate surface area is 204 Å². The first-order valence-corrected chi connectivity index (χ1v) is 11.6. The number of nitrogens with two attached hydrogens (primary N) is 2. The molecule has 3 heterocycles. The van der Waals surface area contributed by atoms with Crippen molar-refractivity contribution in [3.63, 3.8) is 0 Å². The zero-order valence-corrected chi connectivity index (χ0v) is 19.8. The second kappa shape index (κ2) is 9.19. The van der Waals surface area contributed by atoms with Crippen LogP contribution in [0.3, 0.4) is 0 Å². The summed E-state index contributed by atoms with van der Waals surface area (Å²) < 4.78 is 1.72. The van der Waals surface area contributed by atoms with E-state index in [2.05, 4.69) is 34.5 Å². The number of hydrogen-bond donors (Lipinski definition) is 3. The predicted octanol–water partition coefficient (Wildman–Crippen LogP) is 2.69. The Bertz CT molecular complexity index is 1390. The molecule has 2 aromatic carbocycles. The SMILES string of the molecule is CC(Cc1cccc(CN)c1)C1(N(C)c2nc(-c3ccccc3)cc3ncnn23)N=C(N)C=CN1. The maximum atomic E-state index is 6.24. The molecule has 5 N–H and O–H groups in total. The van der Waals surface area contributed by atoms with Gasteiger partial charge in [0.05, 0.1) is 5.69 Å². The van der Waals surface area contributed by atoms with Crippen molar-refractivity contribution in [2.24, 2.45) is 22.4 Å². The summed E-state index contributed by atoms with van der Waals surface area (Å²) in [4.78, 5) is 16.4. The molecule has 4 aromatic rings. The molecule has 5 rings (SSSR count). The number of nitrogens with zero attached hydrogens (tertiary/aromatic N) is 6. The molecule has 0 saturated heterocycles. The summed E-state index contributed by atoms with van der Waals surface area (Å²) in [6.07, 6.45) is 5.87. The Morgan fingerprint density at radius 2 is 1.89 bits per heavy atom. The van der Waals surface area contributed by atoms with Crippen molar-refractivity contribution in [3.8, 4) is 11.3 Å². The van der Waals surface area contributed by atoms with Crippen LogP contribution in [0.15, 0.2) is 84.3 Å². The number of aromatic nitrogens is 4. The van der Waals surface area contributed by atoms with Crippen LogP contribution in [0.4, 0.5) is 5.95 Å². The van der Waals surface area contributed by atoms with Crippen molar-refractivity contribution in [3.05, 3.63) is 90.4 Å². The average Bonchev–Trinajstić information content (AvgIpc) is 3.37. The highest BCUT2D eigenvalue weighted by molar-refractivity contribution is 5.92. The molecule has 0 fully saturated rings. The number of fused-ring (bicyclic) bond motifs is 1. The van der Waals surface area contributed by atoms with E-state index in [0.717, 1.165) is 23.2 Å². The van der Waals surface area contributed by atoms with Gasteiger partial charge in [-0.3, -0.25) is 0 Å². The van der Waals surface area contributed by atoms with Crippen LogP contribution in [0.1, 0.15) is 18.1 Å². The van der Waals surface area contributed by atoms with Gasteiger partial charge in [0, 0.05) is 37.3 Å². The van der Waals surface area contributed by atoms with Crippen LogP contribution < -0.4 is 21.7 Å². The standard InChI is InChI=1S/C26H29N9/c1-18(13-19-7-6-8-20(14-19)16-27)26(30-12-11-23(28)33-26)34(2)25-32-22(21-9-4-3-5-10-21)15-24-29-17-31-35(24)25/h3-12,14-15,17-18,30H,13,16,27H2,1-2H3,(H2,28,33). The monoisotopic (exact) mass is 467 g/mol. The average molecular weight is 468 g/mol. The molecule has 0 bridgehead atoms. The van der Waals surface area contributed by atoms with Crippen molar-refractivity contribution < 1.29 is 0 Å². The number of rotatable bonds is 7. The van der Waals surface area contributed by atoms with E-state index in [1.54, 1.807) is 10.6 Å². The fourth-order valence-electron chi connectivity index (χ4n) is 4.59. The fraction of sp³-hybridized carbons (Fsp3) is 0.231. The van der Waals surface area contributed by atoms with E-state index in [0.29, 0.717) is 24.0 Å². The van der Waals surface area contributed by atoms with E-state index in [1.807, 2.05) is 66.7 Å². The molecule has 0 radical (unpaired) electrons. The van der Waals surface area contributed by atoms with E-state index in [1.165, 1.54) is 11.9 Å². The largest absolute Gasteiger partial charge is 0.384 e. The third-order valence-corrected chi connectivity index (χ3v) is 6.44. The van der Waals surface area contributed by atoms with Gasteiger partial charge in [-0.15, -0.1) is 0 Å². The van der Waals surface area contributed by atoms with Gasteiger partial charge in [-0.05, 0) is 23.6 Å². The molecule has 0 saturated carbocycles. The van der Waals surface area contributed by atoms with E-state index in [4.69, 9.17) is 21.4 Å². The van der Waals surface area contributed by atoms with Gasteiger partial charge in [-0.25, -0.2) is 15.0 Å². The lowest BCUT2D eigenvalue weighted by Crippen LogP contribution is -2.62. The Balaban J connectivity index is 1.60. The molecule has 1 aliphatic rings. The van der Waals surface area contributed by atoms with E-state index >= 15 is 0 Å². The number of hydrogen-bond acceptors (Lipinski definition) is 8. The van der Waals surface area contributed by atoms with Gasteiger partial charge in [-0.1, -0.05) is 61.5 Å². The van der Waals surface area contributed by atoms with Crippen LogP contribution in [0, 0.1) is 5.92 Å². The van der Waals surface area contributed by atoms with Gasteiger partial charge < -0.3 is 21.7 Å². The van der Waals surface area contributed by atoms with E-state index < -0.39 is 5.79 Å². The maximum Gasteiger partial charge on any atom is 0.232 e. The molecular weight excluding hydrogens is 438 g/mol. The van der Waals surface area contributed by atoms with Crippen LogP contribution in [-0.4, -0.2) is 38.3 Å². The molecule has 9 nitrogen and oxygen atoms in total. The molecule has 2 aromatic heterocycles. The fourth-order valence-corrected chi connectivity index (χ4v) is 4.59. The normalized spacial score (nSPS) is 18.2. The summed E-state index contributed by atoms with van der Waals surface area (Å²) in [7, 11) is 1.95. The minimum absolute atomic E-state index is 0.00947. The molecule has 2 atom stereocenters. The summed E-state index contributed by atoms with van der Waals surface area (Å²) in [5.74, 6) is 0.122. The van der Waals surface area contributed by atoms with E-state index in [-0.39, 0.29) is 5.92 Å². The van der Waals surface area contributed by atoms with Gasteiger partial charge >= 0.3 is 0 Å². The zero-order valence-electron chi connectivity index (χ0n) is 19.8. The minimum Gasteiger partial charge on any atom is -0.384 e. The predicted molar refractivity (Wildman–Crippen MR) is 138 cm³/mol. The van der Waals surface area contributed by atoms with E-state index in [9.17, 15) is 0 Å². The first-order chi connectivity index (χ1) is 17.0. The molecule has 35 heavy (non-hydrogen) atoms. The van der Waals surface area contributed by atoms with Gasteiger partial charge in [0.25, 0.3) is 0 Å². The third-order valence-electron chi connectivity index (χ3n) is 6.44. The van der Waals surface area contributed by atoms with Crippen LogP contribution >= 0.6 is 0 Å². The second-order valence-electron chi connectivity index (χ2n) is 8.77. The highest BCUT2D eigenvalue weighted by atomic mass is 15.5. The van der Waals surface area contributed by atoms with Crippen molar-refractivity contribution in [1.29, 1.82) is 0 Å². The summed E-state index contributed by atoms with van der Waals surface area (Å²) in [6, 6.07) is 20.3. The van der Waals surface area contributed by atoms with Crippen molar-refractivity contribution >= 4 is 17.4 Å². The summed E-state index contributed by atoms with van der Waals surface area (Å²) in [6.45, 7) is 2.65. The van der Waals surface area contributed by atoms with Crippen LogP contribution in [0.2, 0.25) is 0 Å². The summed E-state index contributed by atoms with van der Waals surface area (Å²) in [5, 5.41) is 7.93. The molecule has 2 unspecified atom stereocenters. The number of nitrogens with one attached hydrogen (secondary N) is 1. The summed E-state index contributed by atoms with van der Waals surface area (Å²) in [5.41, 5.74) is 16.9. The molecule has 9 heteroatoms. The topological polar surface area (TPSA) is 123 Å². The number of aliphatic imine (C=N–C) groups is 1. The van der Waals surface area contributed by atoms with Crippen molar-refractivity contribution in [2.45, 2.75) is 25.7 Å². The lowest BCUT2D eigenvalue weighted by molar-refractivity contribution is 0.247. The lowest BCUT2D eigenvalue weighted by Gasteiger charge is -2.44. The Morgan fingerprint density at radius 1 is 1.09 bits per heavy atom. The molecule has 0 spiro atoms. The van der Waals surface area contributed by atoms with Crippen LogP contribution in [0.25, 0.3) is 16.9 Å². The number of amidine groups is 1. The van der Waals surface area contributed by atoms with Gasteiger partial charge in [0.2, 0.25) is 11.7 Å². The molecule has 0 amide bonds. The molecule has 1 aliphatic heterocycles. The molecule has 0 aliphatic carbocycles. The first kappa shape index (κ1) is 22.5.